The number of furan rings is 1. The lowest BCUT2D eigenvalue weighted by molar-refractivity contribution is 0.0475. The van der Waals surface area contributed by atoms with Gasteiger partial charge in [-0.25, -0.2) is 9.59 Å². The van der Waals surface area contributed by atoms with Crippen LogP contribution < -0.4 is 15.7 Å². The zero-order valence-electron chi connectivity index (χ0n) is 16.2. The second kappa shape index (κ2) is 8.57. The van der Waals surface area contributed by atoms with E-state index in [1.54, 1.807) is 48.7 Å². The molecule has 1 N–H and O–H groups in total. The number of para-hydroxylation sites is 1. The number of hydrogen-bond donors (Lipinski definition) is 1. The fraction of sp³-hybridized carbons (Fsp3) is 0.130. The number of anilines is 1. The predicted molar refractivity (Wildman–Crippen MR) is 111 cm³/mol. The van der Waals surface area contributed by atoms with Gasteiger partial charge in [-0.3, -0.25) is 0 Å². The van der Waals surface area contributed by atoms with Crippen LogP contribution in [0.4, 0.5) is 5.69 Å². The van der Waals surface area contributed by atoms with E-state index in [1.807, 2.05) is 12.1 Å². The maximum atomic E-state index is 12.7. The zero-order chi connectivity index (χ0) is 20.9. The van der Waals surface area contributed by atoms with E-state index in [-0.39, 0.29) is 6.61 Å². The maximum Gasteiger partial charge on any atom is 0.340 e. The lowest BCUT2D eigenvalue weighted by Gasteiger charge is -2.12. The van der Waals surface area contributed by atoms with Crippen molar-refractivity contribution in [3.8, 4) is 5.75 Å². The van der Waals surface area contributed by atoms with E-state index in [2.05, 4.69) is 5.32 Å². The summed E-state index contributed by atoms with van der Waals surface area (Å²) in [5, 5.41) is 3.85. The highest BCUT2D eigenvalue weighted by atomic mass is 16.5. The Morgan fingerprint density at radius 3 is 2.73 bits per heavy atom. The van der Waals surface area contributed by atoms with Gasteiger partial charge < -0.3 is 23.6 Å². The van der Waals surface area contributed by atoms with Crippen molar-refractivity contribution in [3.63, 3.8) is 0 Å². The van der Waals surface area contributed by atoms with Crippen molar-refractivity contribution in [1.29, 1.82) is 0 Å². The number of methoxy groups -OCH3 is 1. The van der Waals surface area contributed by atoms with Crippen LogP contribution in [0.25, 0.3) is 11.0 Å². The molecule has 0 bridgehead atoms. The Morgan fingerprint density at radius 1 is 1.07 bits per heavy atom. The smallest absolute Gasteiger partial charge is 0.340 e. The molecule has 2 heterocycles. The van der Waals surface area contributed by atoms with Gasteiger partial charge in [-0.05, 0) is 36.4 Å². The highest BCUT2D eigenvalue weighted by molar-refractivity contribution is 5.95. The SMILES string of the molecule is COc1ccc2c(COC(=O)c3ccccc3NCc3ccco3)cc(=O)oc2c1. The standard InChI is InChI=1S/C23H19NO6/c1-27-16-8-9-18-15(11-22(25)30-21(18)12-16)14-29-23(26)19-6-2-3-7-20(19)24-13-17-5-4-10-28-17/h2-12,24H,13-14H2,1H3. The number of carbonyl (C=O) groups excluding carboxylic acids is 1. The molecule has 0 saturated heterocycles. The number of nitrogens with one attached hydrogen (secondary N) is 1. The van der Waals surface area contributed by atoms with Gasteiger partial charge in [-0.1, -0.05) is 12.1 Å². The molecule has 2 aromatic heterocycles. The first-order valence-electron chi connectivity index (χ1n) is 9.27. The molecule has 0 spiro atoms. The molecule has 0 fully saturated rings. The third-order valence-electron chi connectivity index (χ3n) is 4.58. The minimum atomic E-state index is -0.526. The van der Waals surface area contributed by atoms with E-state index in [9.17, 15) is 9.59 Å². The fourth-order valence-corrected chi connectivity index (χ4v) is 3.09. The van der Waals surface area contributed by atoms with E-state index in [0.717, 1.165) is 5.76 Å². The summed E-state index contributed by atoms with van der Waals surface area (Å²) in [7, 11) is 1.53. The van der Waals surface area contributed by atoms with Crippen molar-refractivity contribution in [2.24, 2.45) is 0 Å². The van der Waals surface area contributed by atoms with Crippen LogP contribution in [0.2, 0.25) is 0 Å². The van der Waals surface area contributed by atoms with Crippen molar-refractivity contribution in [1.82, 2.24) is 0 Å². The van der Waals surface area contributed by atoms with E-state index >= 15 is 0 Å². The van der Waals surface area contributed by atoms with Gasteiger partial charge in [0.2, 0.25) is 0 Å². The number of benzene rings is 2. The number of carbonyl (C=O) groups is 1. The van der Waals surface area contributed by atoms with Crippen molar-refractivity contribution in [3.05, 3.63) is 94.2 Å². The van der Waals surface area contributed by atoms with Gasteiger partial charge in [0.15, 0.2) is 0 Å². The Kier molecular flexibility index (Phi) is 5.52. The first-order valence-corrected chi connectivity index (χ1v) is 9.27. The minimum Gasteiger partial charge on any atom is -0.497 e. The molecule has 4 rings (SSSR count). The summed E-state index contributed by atoms with van der Waals surface area (Å²) in [6, 6.07) is 17.1. The van der Waals surface area contributed by atoms with Crippen molar-refractivity contribution in [2.75, 3.05) is 12.4 Å². The van der Waals surface area contributed by atoms with Gasteiger partial charge in [-0.2, -0.15) is 0 Å². The van der Waals surface area contributed by atoms with Gasteiger partial charge in [0, 0.05) is 28.8 Å². The van der Waals surface area contributed by atoms with Crippen LogP contribution in [0.5, 0.6) is 5.75 Å². The second-order valence-corrected chi connectivity index (χ2v) is 6.51. The molecular formula is C23H19NO6. The topological polar surface area (TPSA) is 90.9 Å². The summed E-state index contributed by atoms with van der Waals surface area (Å²) >= 11 is 0. The molecule has 30 heavy (non-hydrogen) atoms. The molecule has 0 atom stereocenters. The summed E-state index contributed by atoms with van der Waals surface area (Å²) in [6.45, 7) is 0.364. The molecular weight excluding hydrogens is 386 g/mol. The molecule has 2 aromatic carbocycles. The largest absolute Gasteiger partial charge is 0.497 e. The Balaban J connectivity index is 1.52. The lowest BCUT2D eigenvalue weighted by Crippen LogP contribution is -2.11. The molecule has 0 amide bonds. The number of ether oxygens (including phenoxy) is 2. The summed E-state index contributed by atoms with van der Waals surface area (Å²) in [5.74, 6) is 0.805. The fourth-order valence-electron chi connectivity index (χ4n) is 3.09. The van der Waals surface area contributed by atoms with Crippen LogP contribution in [0.15, 0.2) is 80.6 Å². The van der Waals surface area contributed by atoms with Crippen molar-refractivity contribution in [2.45, 2.75) is 13.2 Å². The molecule has 4 aromatic rings. The van der Waals surface area contributed by atoms with Gasteiger partial charge in [0.1, 0.15) is 23.7 Å². The number of fused-ring (bicyclic) bond motifs is 1. The van der Waals surface area contributed by atoms with Crippen LogP contribution in [0.3, 0.4) is 0 Å². The Hall–Kier alpha value is -4.00. The number of rotatable bonds is 7. The third kappa shape index (κ3) is 4.20. The summed E-state index contributed by atoms with van der Waals surface area (Å²) < 4.78 is 21.2. The van der Waals surface area contributed by atoms with E-state index in [4.69, 9.17) is 18.3 Å². The quantitative estimate of drug-likeness (QED) is 0.361. The van der Waals surface area contributed by atoms with Gasteiger partial charge in [-0.15, -0.1) is 0 Å². The van der Waals surface area contributed by atoms with Crippen LogP contribution in [0.1, 0.15) is 21.7 Å². The monoisotopic (exact) mass is 405 g/mol. The van der Waals surface area contributed by atoms with E-state index in [1.165, 1.54) is 13.2 Å². The number of hydrogen-bond acceptors (Lipinski definition) is 7. The minimum absolute atomic E-state index is 0.0697. The maximum absolute atomic E-state index is 12.7. The van der Waals surface area contributed by atoms with Crippen LogP contribution in [0, 0.1) is 0 Å². The van der Waals surface area contributed by atoms with Gasteiger partial charge in [0.05, 0.1) is 25.5 Å². The first-order chi connectivity index (χ1) is 14.6. The molecule has 0 aliphatic heterocycles. The molecule has 0 saturated carbocycles. The molecule has 0 unspecified atom stereocenters. The summed E-state index contributed by atoms with van der Waals surface area (Å²) in [5.41, 5.74) is 1.41. The molecule has 7 heteroatoms. The van der Waals surface area contributed by atoms with Gasteiger partial charge >= 0.3 is 11.6 Å². The molecule has 7 nitrogen and oxygen atoms in total. The van der Waals surface area contributed by atoms with Crippen LogP contribution >= 0.6 is 0 Å². The van der Waals surface area contributed by atoms with E-state index < -0.39 is 11.6 Å². The number of esters is 1. The average Bonchev–Trinajstić information content (AvgIpc) is 3.29. The lowest BCUT2D eigenvalue weighted by atomic mass is 10.1. The van der Waals surface area contributed by atoms with Crippen LogP contribution in [-0.4, -0.2) is 13.1 Å². The van der Waals surface area contributed by atoms with Gasteiger partial charge in [0.25, 0.3) is 0 Å². The molecule has 0 radical (unpaired) electrons. The first kappa shape index (κ1) is 19.3. The highest BCUT2D eigenvalue weighted by Gasteiger charge is 2.15. The molecule has 0 aliphatic rings. The van der Waals surface area contributed by atoms with E-state index in [0.29, 0.717) is 40.1 Å². The molecule has 0 aliphatic carbocycles. The summed E-state index contributed by atoms with van der Waals surface area (Å²) in [6.07, 6.45) is 1.59. The van der Waals surface area contributed by atoms with Crippen molar-refractivity contribution < 1.29 is 23.1 Å². The van der Waals surface area contributed by atoms with Crippen molar-refractivity contribution >= 4 is 22.6 Å². The Morgan fingerprint density at radius 2 is 1.93 bits per heavy atom. The van der Waals surface area contributed by atoms with Crippen LogP contribution in [-0.2, 0) is 17.9 Å². The summed E-state index contributed by atoms with van der Waals surface area (Å²) in [4.78, 5) is 24.6. The Bertz CT molecular complexity index is 1230. The highest BCUT2D eigenvalue weighted by Crippen LogP contribution is 2.24. The second-order valence-electron chi connectivity index (χ2n) is 6.51. The Labute approximate surface area is 171 Å². The third-order valence-corrected chi connectivity index (χ3v) is 4.58. The zero-order valence-corrected chi connectivity index (χ0v) is 16.2. The molecule has 152 valence electrons. The normalized spacial score (nSPS) is 10.7. The predicted octanol–water partition coefficient (Wildman–Crippen LogP) is 4.36. The average molecular weight is 405 g/mol.